The molecule has 0 aromatic heterocycles. The minimum Gasteiger partial charge on any atom is -0.483 e. The lowest BCUT2D eigenvalue weighted by Crippen LogP contribution is -2.44. The lowest BCUT2D eigenvalue weighted by Gasteiger charge is -2.12. The van der Waals surface area contributed by atoms with E-state index in [4.69, 9.17) is 4.74 Å². The number of carbonyl (C=O) groups excluding carboxylic acids is 3. The molecule has 3 aromatic rings. The fourth-order valence-corrected chi connectivity index (χ4v) is 3.05. The molecule has 0 saturated carbocycles. The van der Waals surface area contributed by atoms with Crippen LogP contribution in [0.2, 0.25) is 0 Å². The van der Waals surface area contributed by atoms with Crippen molar-refractivity contribution in [1.82, 2.24) is 16.2 Å². The van der Waals surface area contributed by atoms with Gasteiger partial charge in [-0.25, -0.2) is 8.78 Å². The van der Waals surface area contributed by atoms with Gasteiger partial charge in [0.1, 0.15) is 17.4 Å². The quantitative estimate of drug-likeness (QED) is 0.332. The molecule has 3 N–H and O–H groups in total. The Balaban J connectivity index is 1.36. The molecule has 0 aliphatic carbocycles. The van der Waals surface area contributed by atoms with Gasteiger partial charge in [-0.2, -0.15) is 0 Å². The summed E-state index contributed by atoms with van der Waals surface area (Å²) in [6, 6.07) is 19.5. The van der Waals surface area contributed by atoms with Gasteiger partial charge in [-0.05, 0) is 30.2 Å². The van der Waals surface area contributed by atoms with E-state index >= 15 is 0 Å². The molecule has 0 unspecified atom stereocenters. The fourth-order valence-electron chi connectivity index (χ4n) is 3.05. The highest BCUT2D eigenvalue weighted by Crippen LogP contribution is 2.29. The van der Waals surface area contributed by atoms with Crippen LogP contribution in [0.5, 0.6) is 5.75 Å². The van der Waals surface area contributed by atoms with Crippen LogP contribution in [0.4, 0.5) is 8.78 Å². The second kappa shape index (κ2) is 12.1. The number of halogens is 2. The molecule has 0 atom stereocenters. The average molecular weight is 467 g/mol. The third kappa shape index (κ3) is 7.13. The van der Waals surface area contributed by atoms with Crippen molar-refractivity contribution in [2.24, 2.45) is 0 Å². The zero-order valence-electron chi connectivity index (χ0n) is 18.1. The Kier molecular flexibility index (Phi) is 8.67. The van der Waals surface area contributed by atoms with Crippen LogP contribution in [0.1, 0.15) is 23.2 Å². The van der Waals surface area contributed by atoms with Crippen LogP contribution >= 0.6 is 0 Å². The second-order valence-corrected chi connectivity index (χ2v) is 7.23. The van der Waals surface area contributed by atoms with E-state index in [-0.39, 0.29) is 31.6 Å². The van der Waals surface area contributed by atoms with Gasteiger partial charge in [0, 0.05) is 24.6 Å². The molecule has 0 saturated heterocycles. The second-order valence-electron chi connectivity index (χ2n) is 7.23. The third-order valence-electron chi connectivity index (χ3n) is 4.71. The van der Waals surface area contributed by atoms with Gasteiger partial charge in [-0.3, -0.25) is 25.2 Å². The molecule has 0 aliphatic heterocycles. The monoisotopic (exact) mass is 467 g/mol. The Morgan fingerprint density at radius 2 is 1.53 bits per heavy atom. The summed E-state index contributed by atoms with van der Waals surface area (Å²) in [5, 5.41) is 2.45. The zero-order valence-corrected chi connectivity index (χ0v) is 18.1. The van der Waals surface area contributed by atoms with Crippen LogP contribution in [0.3, 0.4) is 0 Å². The summed E-state index contributed by atoms with van der Waals surface area (Å²) in [5.41, 5.74) is 6.03. The highest BCUT2D eigenvalue weighted by molar-refractivity contribution is 5.94. The number of benzene rings is 3. The SMILES string of the molecule is O=C(CCCNC(=O)c1ccc(F)cc1F)NNC(=O)COc1ccccc1-c1ccccc1. The molecule has 7 nitrogen and oxygen atoms in total. The maximum atomic E-state index is 13.6. The normalized spacial score (nSPS) is 10.3. The number of hydrogen-bond donors (Lipinski definition) is 3. The summed E-state index contributed by atoms with van der Waals surface area (Å²) in [6.07, 6.45) is 0.251. The number of para-hydroxylation sites is 1. The topological polar surface area (TPSA) is 96.5 Å². The average Bonchev–Trinajstić information content (AvgIpc) is 2.84. The van der Waals surface area contributed by atoms with Crippen LogP contribution in [-0.2, 0) is 9.59 Å². The first kappa shape index (κ1) is 24.4. The van der Waals surface area contributed by atoms with Crippen LogP contribution < -0.4 is 20.9 Å². The van der Waals surface area contributed by atoms with E-state index in [1.165, 1.54) is 0 Å². The van der Waals surface area contributed by atoms with E-state index in [0.717, 1.165) is 23.3 Å². The van der Waals surface area contributed by atoms with E-state index in [2.05, 4.69) is 16.2 Å². The number of hydrazine groups is 1. The molecule has 34 heavy (non-hydrogen) atoms. The summed E-state index contributed by atoms with van der Waals surface area (Å²) in [6.45, 7) is -0.209. The van der Waals surface area contributed by atoms with Crippen LogP contribution in [-0.4, -0.2) is 30.9 Å². The molecular weight excluding hydrogens is 444 g/mol. The van der Waals surface area contributed by atoms with Gasteiger partial charge >= 0.3 is 0 Å². The van der Waals surface area contributed by atoms with Gasteiger partial charge in [0.2, 0.25) is 5.91 Å². The number of ether oxygens (including phenoxy) is 1. The summed E-state index contributed by atoms with van der Waals surface area (Å²) in [4.78, 5) is 35.8. The van der Waals surface area contributed by atoms with E-state index in [0.29, 0.717) is 11.8 Å². The van der Waals surface area contributed by atoms with E-state index < -0.39 is 29.4 Å². The summed E-state index contributed by atoms with van der Waals surface area (Å²) in [7, 11) is 0. The van der Waals surface area contributed by atoms with Crippen LogP contribution in [0.15, 0.2) is 72.8 Å². The van der Waals surface area contributed by atoms with Crippen molar-refractivity contribution in [2.75, 3.05) is 13.2 Å². The predicted octanol–water partition coefficient (Wildman–Crippen LogP) is 3.37. The molecular formula is C25H23F2N3O4. The molecule has 0 aliphatic rings. The van der Waals surface area contributed by atoms with Crippen LogP contribution in [0, 0.1) is 11.6 Å². The molecule has 3 rings (SSSR count). The molecule has 0 radical (unpaired) electrons. The minimum atomic E-state index is -0.966. The molecule has 0 fully saturated rings. The first-order valence-electron chi connectivity index (χ1n) is 10.5. The molecule has 0 spiro atoms. The van der Waals surface area contributed by atoms with Crippen molar-refractivity contribution < 1.29 is 27.9 Å². The molecule has 9 heteroatoms. The fraction of sp³-hybridized carbons (Fsp3) is 0.160. The third-order valence-corrected chi connectivity index (χ3v) is 4.71. The van der Waals surface area contributed by atoms with Gasteiger partial charge < -0.3 is 10.1 Å². The van der Waals surface area contributed by atoms with Crippen LogP contribution in [0.25, 0.3) is 11.1 Å². The van der Waals surface area contributed by atoms with Crippen molar-refractivity contribution in [2.45, 2.75) is 12.8 Å². The summed E-state index contributed by atoms with van der Waals surface area (Å²) >= 11 is 0. The lowest BCUT2D eigenvalue weighted by molar-refractivity contribution is -0.130. The van der Waals surface area contributed by atoms with E-state index in [1.54, 1.807) is 12.1 Å². The number of amides is 3. The highest BCUT2D eigenvalue weighted by Gasteiger charge is 2.13. The van der Waals surface area contributed by atoms with Crippen molar-refractivity contribution in [3.63, 3.8) is 0 Å². The van der Waals surface area contributed by atoms with Crippen molar-refractivity contribution >= 4 is 17.7 Å². The maximum Gasteiger partial charge on any atom is 0.276 e. The lowest BCUT2D eigenvalue weighted by atomic mass is 10.1. The largest absolute Gasteiger partial charge is 0.483 e. The van der Waals surface area contributed by atoms with Crippen molar-refractivity contribution in [1.29, 1.82) is 0 Å². The maximum absolute atomic E-state index is 13.6. The molecule has 0 bridgehead atoms. The number of hydrogen-bond acceptors (Lipinski definition) is 4. The molecule has 3 aromatic carbocycles. The van der Waals surface area contributed by atoms with Gasteiger partial charge in [-0.15, -0.1) is 0 Å². The minimum absolute atomic E-state index is 0.00412. The molecule has 3 amide bonds. The molecule has 176 valence electrons. The Morgan fingerprint density at radius 3 is 2.29 bits per heavy atom. The van der Waals surface area contributed by atoms with Crippen molar-refractivity contribution in [3.8, 4) is 16.9 Å². The van der Waals surface area contributed by atoms with E-state index in [9.17, 15) is 23.2 Å². The highest BCUT2D eigenvalue weighted by atomic mass is 19.1. The van der Waals surface area contributed by atoms with Gasteiger partial charge in [0.15, 0.2) is 6.61 Å². The first-order chi connectivity index (χ1) is 16.4. The Hall–Kier alpha value is -4.27. The summed E-state index contributed by atoms with van der Waals surface area (Å²) in [5.74, 6) is -2.94. The summed E-state index contributed by atoms with van der Waals surface area (Å²) < 4.78 is 32.1. The standard InChI is InChI=1S/C25H23F2N3O4/c26-18-12-13-20(21(27)15-18)25(33)28-14-6-11-23(31)29-30-24(32)16-34-22-10-5-4-9-19(22)17-7-2-1-3-8-17/h1-5,7-10,12-13,15H,6,11,14,16H2,(H,28,33)(H,29,31)(H,30,32). The van der Waals surface area contributed by atoms with Gasteiger partial charge in [-0.1, -0.05) is 48.5 Å². The first-order valence-corrected chi connectivity index (χ1v) is 10.5. The Labute approximate surface area is 195 Å². The van der Waals surface area contributed by atoms with Gasteiger partial charge in [0.05, 0.1) is 5.56 Å². The number of nitrogens with one attached hydrogen (secondary N) is 3. The van der Waals surface area contributed by atoms with Crippen molar-refractivity contribution in [3.05, 3.63) is 90.0 Å². The zero-order chi connectivity index (χ0) is 24.3. The predicted molar refractivity (Wildman–Crippen MR) is 122 cm³/mol. The van der Waals surface area contributed by atoms with E-state index in [1.807, 2.05) is 42.5 Å². The number of rotatable bonds is 9. The molecule has 0 heterocycles. The smallest absolute Gasteiger partial charge is 0.276 e. The van der Waals surface area contributed by atoms with Gasteiger partial charge in [0.25, 0.3) is 11.8 Å². The Bertz CT molecular complexity index is 1160. The Morgan fingerprint density at radius 1 is 0.824 bits per heavy atom. The number of carbonyl (C=O) groups is 3.